The molecule has 1 fully saturated rings. The maximum atomic E-state index is 12.4. The zero-order valence-electron chi connectivity index (χ0n) is 15.6. The highest BCUT2D eigenvalue weighted by atomic mass is 16.4. The van der Waals surface area contributed by atoms with E-state index in [1.807, 2.05) is 25.1 Å². The van der Waals surface area contributed by atoms with Gasteiger partial charge in [-0.1, -0.05) is 18.2 Å². The van der Waals surface area contributed by atoms with Crippen LogP contribution in [-0.2, 0) is 16.0 Å². The van der Waals surface area contributed by atoms with E-state index in [-0.39, 0.29) is 18.2 Å². The molecule has 0 aromatic heterocycles. The third kappa shape index (κ3) is 5.57. The Morgan fingerprint density at radius 1 is 1.00 bits per heavy atom. The first-order valence-electron chi connectivity index (χ1n) is 9.21. The Morgan fingerprint density at radius 2 is 1.75 bits per heavy atom. The van der Waals surface area contributed by atoms with Gasteiger partial charge in [0.15, 0.2) is 0 Å². The molecule has 1 aliphatic rings. The molecular formula is C21H23N3O4. The molecule has 0 heterocycles. The number of anilines is 3. The predicted molar refractivity (Wildman–Crippen MR) is 108 cm³/mol. The smallest absolute Gasteiger partial charge is 0.323 e. The van der Waals surface area contributed by atoms with E-state index in [0.717, 1.165) is 24.0 Å². The van der Waals surface area contributed by atoms with Crippen LogP contribution in [0, 0.1) is 12.8 Å². The van der Waals surface area contributed by atoms with Gasteiger partial charge in [-0.15, -0.1) is 0 Å². The van der Waals surface area contributed by atoms with Gasteiger partial charge in [-0.3, -0.25) is 9.59 Å². The lowest BCUT2D eigenvalue weighted by Gasteiger charge is -2.13. The first kappa shape index (κ1) is 19.4. The van der Waals surface area contributed by atoms with Crippen molar-refractivity contribution in [1.29, 1.82) is 0 Å². The number of rotatable bonds is 7. The van der Waals surface area contributed by atoms with Gasteiger partial charge in [-0.25, -0.2) is 4.79 Å². The molecule has 146 valence electrons. The molecule has 0 unspecified atom stereocenters. The highest BCUT2D eigenvalue weighted by Gasteiger charge is 2.29. The number of nitrogens with one attached hydrogen (secondary N) is 3. The Bertz CT molecular complexity index is 906. The first-order valence-corrected chi connectivity index (χ1v) is 9.21. The molecule has 28 heavy (non-hydrogen) atoms. The number of aryl methyl sites for hydroxylation is 2. The molecule has 0 saturated heterocycles. The lowest BCUT2D eigenvalue weighted by molar-refractivity contribution is -0.137. The molecule has 4 N–H and O–H groups in total. The normalized spacial score (nSPS) is 12.9. The van der Waals surface area contributed by atoms with Crippen LogP contribution in [0.2, 0.25) is 0 Å². The van der Waals surface area contributed by atoms with Gasteiger partial charge in [0.1, 0.15) is 0 Å². The van der Waals surface area contributed by atoms with E-state index < -0.39 is 12.0 Å². The van der Waals surface area contributed by atoms with E-state index in [0.29, 0.717) is 23.5 Å². The van der Waals surface area contributed by atoms with Gasteiger partial charge in [0, 0.05) is 29.4 Å². The van der Waals surface area contributed by atoms with Crippen LogP contribution in [0.3, 0.4) is 0 Å². The summed E-state index contributed by atoms with van der Waals surface area (Å²) in [5.74, 6) is -0.743. The number of carboxylic acids is 1. The lowest BCUT2D eigenvalue weighted by atomic mass is 10.1. The SMILES string of the molecule is Cc1ccc(NC(=O)C2CC2)cc1NC(=O)Nc1cccc(CCC(=O)O)c1. The maximum Gasteiger partial charge on any atom is 0.323 e. The van der Waals surface area contributed by atoms with Crippen LogP contribution >= 0.6 is 0 Å². The Morgan fingerprint density at radius 3 is 2.46 bits per heavy atom. The fourth-order valence-corrected chi connectivity index (χ4v) is 2.76. The quantitative estimate of drug-likeness (QED) is 0.581. The minimum atomic E-state index is -0.861. The molecule has 2 aromatic rings. The summed E-state index contributed by atoms with van der Waals surface area (Å²) >= 11 is 0. The second-order valence-corrected chi connectivity index (χ2v) is 6.97. The van der Waals surface area contributed by atoms with Crippen molar-refractivity contribution in [2.24, 2.45) is 5.92 Å². The molecule has 0 aliphatic heterocycles. The molecule has 1 saturated carbocycles. The van der Waals surface area contributed by atoms with Crippen molar-refractivity contribution in [3.8, 4) is 0 Å². The van der Waals surface area contributed by atoms with E-state index in [2.05, 4.69) is 16.0 Å². The Balaban J connectivity index is 1.62. The van der Waals surface area contributed by atoms with Crippen LogP contribution in [-0.4, -0.2) is 23.0 Å². The number of carbonyl (C=O) groups is 3. The van der Waals surface area contributed by atoms with Gasteiger partial charge in [0.05, 0.1) is 0 Å². The van der Waals surface area contributed by atoms with Crippen molar-refractivity contribution < 1.29 is 19.5 Å². The third-order valence-electron chi connectivity index (χ3n) is 4.51. The molecule has 0 bridgehead atoms. The second kappa shape index (κ2) is 8.56. The van der Waals surface area contributed by atoms with Gasteiger partial charge in [-0.2, -0.15) is 0 Å². The first-order chi connectivity index (χ1) is 13.4. The maximum absolute atomic E-state index is 12.4. The van der Waals surface area contributed by atoms with Gasteiger partial charge < -0.3 is 21.1 Å². The van der Waals surface area contributed by atoms with E-state index in [4.69, 9.17) is 5.11 Å². The van der Waals surface area contributed by atoms with E-state index >= 15 is 0 Å². The molecule has 0 radical (unpaired) electrons. The number of benzene rings is 2. The van der Waals surface area contributed by atoms with Gasteiger partial charge in [-0.05, 0) is 61.6 Å². The molecule has 3 rings (SSSR count). The lowest BCUT2D eigenvalue weighted by Crippen LogP contribution is -2.20. The molecule has 0 spiro atoms. The van der Waals surface area contributed by atoms with Crippen molar-refractivity contribution in [3.63, 3.8) is 0 Å². The highest BCUT2D eigenvalue weighted by molar-refractivity contribution is 6.01. The van der Waals surface area contributed by atoms with Crippen molar-refractivity contribution in [2.75, 3.05) is 16.0 Å². The highest BCUT2D eigenvalue weighted by Crippen LogP contribution is 2.30. The third-order valence-corrected chi connectivity index (χ3v) is 4.51. The standard InChI is InChI=1S/C21H23N3O4/c1-13-5-9-17(22-20(27)15-7-8-15)12-18(13)24-21(28)23-16-4-2-3-14(11-16)6-10-19(25)26/h2-5,9,11-12,15H,6-8,10H2,1H3,(H,22,27)(H,25,26)(H2,23,24,28). The van der Waals surface area contributed by atoms with Crippen LogP contribution in [0.1, 0.15) is 30.4 Å². The Labute approximate surface area is 163 Å². The molecule has 3 amide bonds. The van der Waals surface area contributed by atoms with E-state index in [9.17, 15) is 14.4 Å². The molecule has 1 aliphatic carbocycles. The molecule has 7 nitrogen and oxygen atoms in total. The van der Waals surface area contributed by atoms with E-state index in [1.54, 1.807) is 24.3 Å². The monoisotopic (exact) mass is 381 g/mol. The van der Waals surface area contributed by atoms with Crippen molar-refractivity contribution in [1.82, 2.24) is 0 Å². The van der Waals surface area contributed by atoms with Crippen LogP contribution in [0.4, 0.5) is 21.9 Å². The average molecular weight is 381 g/mol. The fraction of sp³-hybridized carbons (Fsp3) is 0.286. The van der Waals surface area contributed by atoms with Gasteiger partial charge in [0.25, 0.3) is 0 Å². The van der Waals surface area contributed by atoms with Crippen LogP contribution < -0.4 is 16.0 Å². The summed E-state index contributed by atoms with van der Waals surface area (Å²) in [6.45, 7) is 1.87. The van der Waals surface area contributed by atoms with Crippen molar-refractivity contribution in [3.05, 3.63) is 53.6 Å². The summed E-state index contributed by atoms with van der Waals surface area (Å²) in [4.78, 5) is 35.0. The Hall–Kier alpha value is -3.35. The van der Waals surface area contributed by atoms with Gasteiger partial charge in [0.2, 0.25) is 5.91 Å². The summed E-state index contributed by atoms with van der Waals surface area (Å²) in [6.07, 6.45) is 2.29. The molecule has 7 heteroatoms. The van der Waals surface area contributed by atoms with Crippen LogP contribution in [0.25, 0.3) is 0 Å². The Kier molecular flexibility index (Phi) is 5.93. The zero-order chi connectivity index (χ0) is 20.1. The van der Waals surface area contributed by atoms with E-state index in [1.165, 1.54) is 0 Å². The summed E-state index contributed by atoms with van der Waals surface area (Å²) in [5.41, 5.74) is 3.54. The predicted octanol–water partition coefficient (Wildman–Crippen LogP) is 4.00. The molecule has 2 aromatic carbocycles. The number of amides is 3. The minimum absolute atomic E-state index is 0.0115. The minimum Gasteiger partial charge on any atom is -0.481 e. The van der Waals surface area contributed by atoms with Crippen LogP contribution in [0.15, 0.2) is 42.5 Å². The molecule has 0 atom stereocenters. The zero-order valence-corrected chi connectivity index (χ0v) is 15.6. The summed E-state index contributed by atoms with van der Waals surface area (Å²) in [7, 11) is 0. The van der Waals surface area contributed by atoms with Crippen molar-refractivity contribution >= 4 is 35.0 Å². The number of carbonyl (C=O) groups excluding carboxylic acids is 2. The molecular weight excluding hydrogens is 358 g/mol. The number of aliphatic carboxylic acids is 1. The second-order valence-electron chi connectivity index (χ2n) is 6.97. The topological polar surface area (TPSA) is 108 Å². The number of hydrogen-bond acceptors (Lipinski definition) is 3. The van der Waals surface area contributed by atoms with Crippen molar-refractivity contribution in [2.45, 2.75) is 32.6 Å². The fourth-order valence-electron chi connectivity index (χ4n) is 2.76. The number of urea groups is 1. The summed E-state index contributed by atoms with van der Waals surface area (Å²) < 4.78 is 0. The number of hydrogen-bond donors (Lipinski definition) is 4. The van der Waals surface area contributed by atoms with Gasteiger partial charge >= 0.3 is 12.0 Å². The number of carboxylic acid groups (broad SMARTS) is 1. The van der Waals surface area contributed by atoms with Crippen LogP contribution in [0.5, 0.6) is 0 Å². The summed E-state index contributed by atoms with van der Waals surface area (Å²) in [6, 6.07) is 12.1. The summed E-state index contributed by atoms with van der Waals surface area (Å²) in [5, 5.41) is 17.2. The largest absolute Gasteiger partial charge is 0.481 e. The average Bonchev–Trinajstić information content (AvgIpc) is 3.48.